The fourth-order valence-electron chi connectivity index (χ4n) is 2.43. The zero-order chi connectivity index (χ0) is 15.4. The third-order valence-corrected chi connectivity index (χ3v) is 4.69. The molecule has 0 aromatic carbocycles. The van der Waals surface area contributed by atoms with Gasteiger partial charge in [0, 0.05) is 38.8 Å². The summed E-state index contributed by atoms with van der Waals surface area (Å²) in [5.74, 6) is 0.364. The Balaban J connectivity index is 2.19. The molecule has 0 radical (unpaired) electrons. The second kappa shape index (κ2) is 7.09. The number of nitrogens with zero attached hydrogens (tertiary/aromatic N) is 3. The molecule has 7 heteroatoms. The van der Waals surface area contributed by atoms with Gasteiger partial charge in [0.25, 0.3) is 5.91 Å². The molecule has 1 aromatic rings. The number of amides is 1. The molecule has 0 unspecified atom stereocenters. The van der Waals surface area contributed by atoms with Gasteiger partial charge in [-0.05, 0) is 20.3 Å². The predicted molar refractivity (Wildman–Crippen MR) is 88.1 cm³/mol. The Morgan fingerprint density at radius 1 is 1.48 bits per heavy atom. The van der Waals surface area contributed by atoms with Crippen molar-refractivity contribution in [3.63, 3.8) is 0 Å². The van der Waals surface area contributed by atoms with Gasteiger partial charge in [0.05, 0.1) is 0 Å². The topological polar surface area (TPSA) is 74.5 Å². The fourth-order valence-corrected chi connectivity index (χ4v) is 3.42. The van der Waals surface area contributed by atoms with E-state index in [1.807, 2.05) is 18.7 Å². The molecule has 0 atom stereocenters. The summed E-state index contributed by atoms with van der Waals surface area (Å²) in [5, 5.41) is 4.17. The Hall–Kier alpha value is -1.34. The van der Waals surface area contributed by atoms with E-state index in [0.717, 1.165) is 44.3 Å². The van der Waals surface area contributed by atoms with Gasteiger partial charge in [0.15, 0.2) is 5.13 Å². The van der Waals surface area contributed by atoms with E-state index in [4.69, 9.17) is 5.73 Å². The summed E-state index contributed by atoms with van der Waals surface area (Å²) >= 11 is 1.42. The monoisotopic (exact) mass is 311 g/mol. The number of nitrogens with one attached hydrogen (secondary N) is 1. The number of piperazine rings is 1. The van der Waals surface area contributed by atoms with Crippen LogP contribution in [0.2, 0.25) is 0 Å². The Labute approximate surface area is 130 Å². The highest BCUT2D eigenvalue weighted by Gasteiger charge is 2.25. The quantitative estimate of drug-likeness (QED) is 0.860. The highest BCUT2D eigenvalue weighted by molar-refractivity contribution is 7.18. The van der Waals surface area contributed by atoms with Gasteiger partial charge < -0.3 is 20.9 Å². The molecule has 0 saturated carbocycles. The van der Waals surface area contributed by atoms with E-state index in [1.165, 1.54) is 11.3 Å². The van der Waals surface area contributed by atoms with Crippen LogP contribution in [0, 0.1) is 0 Å². The maximum atomic E-state index is 12.7. The SMILES string of the molecule is CCCN(C(=O)c1sc(N2CCNCC2)nc1N)C(C)C. The van der Waals surface area contributed by atoms with Crippen molar-refractivity contribution >= 4 is 28.2 Å². The van der Waals surface area contributed by atoms with Crippen molar-refractivity contribution in [2.24, 2.45) is 0 Å². The number of thiazole rings is 1. The van der Waals surface area contributed by atoms with Gasteiger partial charge in [0.2, 0.25) is 0 Å². The van der Waals surface area contributed by atoms with E-state index in [0.29, 0.717) is 10.7 Å². The van der Waals surface area contributed by atoms with Crippen LogP contribution in [0.4, 0.5) is 10.9 Å². The molecule has 1 fully saturated rings. The van der Waals surface area contributed by atoms with Crippen molar-refractivity contribution in [2.75, 3.05) is 43.4 Å². The van der Waals surface area contributed by atoms with Crippen LogP contribution in [0.15, 0.2) is 0 Å². The van der Waals surface area contributed by atoms with Crippen molar-refractivity contribution in [1.29, 1.82) is 0 Å². The third-order valence-electron chi connectivity index (χ3n) is 3.57. The lowest BCUT2D eigenvalue weighted by Crippen LogP contribution is -2.43. The predicted octanol–water partition coefficient (Wildman–Crippen LogP) is 1.40. The molecule has 21 heavy (non-hydrogen) atoms. The molecular weight excluding hydrogens is 286 g/mol. The highest BCUT2D eigenvalue weighted by atomic mass is 32.1. The molecule has 0 bridgehead atoms. The maximum absolute atomic E-state index is 12.7. The summed E-state index contributed by atoms with van der Waals surface area (Å²) in [4.78, 5) is 21.7. The molecule has 2 rings (SSSR count). The number of carbonyl (C=O) groups excluding carboxylic acids is 1. The van der Waals surface area contributed by atoms with Gasteiger partial charge in [-0.15, -0.1) is 0 Å². The van der Waals surface area contributed by atoms with Gasteiger partial charge in [0.1, 0.15) is 10.7 Å². The molecule has 1 amide bonds. The molecule has 1 aromatic heterocycles. The summed E-state index contributed by atoms with van der Waals surface area (Å²) < 4.78 is 0. The second-order valence-electron chi connectivity index (χ2n) is 5.54. The van der Waals surface area contributed by atoms with Gasteiger partial charge >= 0.3 is 0 Å². The second-order valence-corrected chi connectivity index (χ2v) is 6.52. The minimum absolute atomic E-state index is 0.00299. The Morgan fingerprint density at radius 3 is 2.71 bits per heavy atom. The summed E-state index contributed by atoms with van der Waals surface area (Å²) in [6.45, 7) is 10.6. The minimum atomic E-state index is 0.00299. The summed E-state index contributed by atoms with van der Waals surface area (Å²) in [5.41, 5.74) is 5.99. The first-order chi connectivity index (χ1) is 10.0. The molecule has 1 saturated heterocycles. The molecule has 1 aliphatic rings. The van der Waals surface area contributed by atoms with Crippen LogP contribution in [0.3, 0.4) is 0 Å². The van der Waals surface area contributed by atoms with Crippen LogP contribution < -0.4 is 16.0 Å². The maximum Gasteiger partial charge on any atom is 0.268 e. The highest BCUT2D eigenvalue weighted by Crippen LogP contribution is 2.29. The van der Waals surface area contributed by atoms with Crippen molar-refractivity contribution in [2.45, 2.75) is 33.2 Å². The van der Waals surface area contributed by atoms with Crippen LogP contribution in [0.1, 0.15) is 36.9 Å². The van der Waals surface area contributed by atoms with Crippen molar-refractivity contribution in [3.8, 4) is 0 Å². The lowest BCUT2D eigenvalue weighted by atomic mass is 10.2. The molecule has 118 valence electrons. The van der Waals surface area contributed by atoms with Crippen LogP contribution in [-0.4, -0.2) is 54.6 Å². The van der Waals surface area contributed by atoms with E-state index in [9.17, 15) is 4.79 Å². The van der Waals surface area contributed by atoms with E-state index in [2.05, 4.69) is 22.1 Å². The van der Waals surface area contributed by atoms with Gasteiger partial charge in [-0.2, -0.15) is 0 Å². The Bertz CT molecular complexity index is 482. The van der Waals surface area contributed by atoms with E-state index in [-0.39, 0.29) is 11.9 Å². The average molecular weight is 311 g/mol. The van der Waals surface area contributed by atoms with E-state index < -0.39 is 0 Å². The molecule has 1 aliphatic heterocycles. The molecule has 6 nitrogen and oxygen atoms in total. The van der Waals surface area contributed by atoms with Crippen LogP contribution >= 0.6 is 11.3 Å². The normalized spacial score (nSPS) is 15.5. The number of rotatable bonds is 5. The van der Waals surface area contributed by atoms with Crippen molar-refractivity contribution in [1.82, 2.24) is 15.2 Å². The smallest absolute Gasteiger partial charge is 0.268 e. The number of nitrogens with two attached hydrogens (primary N) is 1. The molecular formula is C14H25N5OS. The van der Waals surface area contributed by atoms with Gasteiger partial charge in [-0.1, -0.05) is 18.3 Å². The number of anilines is 2. The average Bonchev–Trinajstić information content (AvgIpc) is 2.87. The Kier molecular flexibility index (Phi) is 5.41. The lowest BCUT2D eigenvalue weighted by Gasteiger charge is -2.27. The van der Waals surface area contributed by atoms with Crippen molar-refractivity contribution < 1.29 is 4.79 Å². The molecule has 3 N–H and O–H groups in total. The van der Waals surface area contributed by atoms with Crippen LogP contribution in [0.5, 0.6) is 0 Å². The number of hydrogen-bond donors (Lipinski definition) is 2. The number of carbonyl (C=O) groups is 1. The van der Waals surface area contributed by atoms with Gasteiger partial charge in [-0.3, -0.25) is 4.79 Å². The number of nitrogen functional groups attached to an aromatic ring is 1. The summed E-state index contributed by atoms with van der Waals surface area (Å²) in [6.07, 6.45) is 0.938. The Morgan fingerprint density at radius 2 is 2.14 bits per heavy atom. The molecule has 0 aliphatic carbocycles. The minimum Gasteiger partial charge on any atom is -0.382 e. The first kappa shape index (κ1) is 16.0. The first-order valence-electron chi connectivity index (χ1n) is 7.57. The zero-order valence-electron chi connectivity index (χ0n) is 13.1. The van der Waals surface area contributed by atoms with Crippen molar-refractivity contribution in [3.05, 3.63) is 4.88 Å². The fraction of sp³-hybridized carbons (Fsp3) is 0.714. The van der Waals surface area contributed by atoms with E-state index in [1.54, 1.807) is 0 Å². The third kappa shape index (κ3) is 3.65. The summed E-state index contributed by atoms with van der Waals surface area (Å²) in [6, 6.07) is 0.168. The summed E-state index contributed by atoms with van der Waals surface area (Å²) in [7, 11) is 0. The lowest BCUT2D eigenvalue weighted by molar-refractivity contribution is 0.0712. The first-order valence-corrected chi connectivity index (χ1v) is 8.39. The van der Waals surface area contributed by atoms with Gasteiger partial charge in [-0.25, -0.2) is 4.98 Å². The van der Waals surface area contributed by atoms with E-state index >= 15 is 0 Å². The molecule has 2 heterocycles. The molecule has 0 spiro atoms. The van der Waals surface area contributed by atoms with Crippen LogP contribution in [-0.2, 0) is 0 Å². The van der Waals surface area contributed by atoms with Crippen LogP contribution in [0.25, 0.3) is 0 Å². The number of aromatic nitrogens is 1. The standard InChI is InChI=1S/C14H25N5OS/c1-4-7-19(10(2)3)13(20)11-12(15)17-14(21-11)18-8-5-16-6-9-18/h10,16H,4-9,15H2,1-3H3. The zero-order valence-corrected chi connectivity index (χ0v) is 13.9. The largest absolute Gasteiger partial charge is 0.382 e. The number of hydrogen-bond acceptors (Lipinski definition) is 6.